The summed E-state index contributed by atoms with van der Waals surface area (Å²) in [6.45, 7) is 1.97. The molecule has 0 spiro atoms. The molecule has 0 aliphatic heterocycles. The van der Waals surface area contributed by atoms with Gasteiger partial charge in [0.2, 0.25) is 0 Å². The standard InChI is InChI=1S/C16H24O4/c1-10-5-6-11(8-15(19-3)20-4)7-12-13(16(10)17)9-14(12)18-2/h5,9,11,15-17H,6-8H2,1-4H3. The van der Waals surface area contributed by atoms with Crippen molar-refractivity contribution < 1.29 is 19.3 Å². The molecule has 2 unspecified atom stereocenters. The van der Waals surface area contributed by atoms with Crippen molar-refractivity contribution in [2.24, 2.45) is 5.92 Å². The van der Waals surface area contributed by atoms with Gasteiger partial charge in [0.25, 0.3) is 0 Å². The van der Waals surface area contributed by atoms with Crippen molar-refractivity contribution in [3.8, 4) is 0 Å². The molecule has 0 saturated heterocycles. The molecule has 20 heavy (non-hydrogen) atoms. The summed E-state index contributed by atoms with van der Waals surface area (Å²) in [7, 11) is 5.00. The van der Waals surface area contributed by atoms with Crippen LogP contribution < -0.4 is 0 Å². The first-order valence-electron chi connectivity index (χ1n) is 7.00. The van der Waals surface area contributed by atoms with Crippen LogP contribution in [0.5, 0.6) is 0 Å². The normalized spacial score (nSPS) is 26.3. The van der Waals surface area contributed by atoms with E-state index in [0.717, 1.165) is 41.7 Å². The first-order chi connectivity index (χ1) is 9.60. The van der Waals surface area contributed by atoms with Crippen molar-refractivity contribution in [1.29, 1.82) is 0 Å². The van der Waals surface area contributed by atoms with Crippen molar-refractivity contribution in [3.05, 3.63) is 34.6 Å². The Labute approximate surface area is 120 Å². The van der Waals surface area contributed by atoms with Gasteiger partial charge in [-0.3, -0.25) is 0 Å². The van der Waals surface area contributed by atoms with Crippen LogP contribution in [0, 0.1) is 5.92 Å². The van der Waals surface area contributed by atoms with E-state index in [-0.39, 0.29) is 6.29 Å². The van der Waals surface area contributed by atoms with E-state index < -0.39 is 6.10 Å². The average Bonchev–Trinajstić information content (AvgIpc) is 2.44. The van der Waals surface area contributed by atoms with Gasteiger partial charge in [0.1, 0.15) is 11.9 Å². The Bertz CT molecular complexity index is 443. The molecule has 4 nitrogen and oxygen atoms in total. The van der Waals surface area contributed by atoms with Crippen LogP contribution >= 0.6 is 0 Å². The highest BCUT2D eigenvalue weighted by Gasteiger charge is 2.31. The Morgan fingerprint density at radius 1 is 1.30 bits per heavy atom. The fourth-order valence-electron chi connectivity index (χ4n) is 2.85. The summed E-state index contributed by atoms with van der Waals surface area (Å²) < 4.78 is 16.0. The van der Waals surface area contributed by atoms with Crippen LogP contribution in [-0.4, -0.2) is 38.8 Å². The number of hydrogen-bond donors (Lipinski definition) is 1. The Balaban J connectivity index is 2.14. The van der Waals surface area contributed by atoms with Gasteiger partial charge in [-0.1, -0.05) is 6.08 Å². The van der Waals surface area contributed by atoms with Gasteiger partial charge in [-0.2, -0.15) is 0 Å². The maximum atomic E-state index is 10.3. The van der Waals surface area contributed by atoms with Gasteiger partial charge >= 0.3 is 0 Å². The Morgan fingerprint density at radius 3 is 2.60 bits per heavy atom. The molecule has 2 atom stereocenters. The maximum absolute atomic E-state index is 10.3. The molecule has 0 saturated carbocycles. The summed E-state index contributed by atoms with van der Waals surface area (Å²) >= 11 is 0. The van der Waals surface area contributed by atoms with Crippen LogP contribution in [0.3, 0.4) is 0 Å². The van der Waals surface area contributed by atoms with Gasteiger partial charge in [-0.05, 0) is 42.9 Å². The summed E-state index contributed by atoms with van der Waals surface area (Å²) in [4.78, 5) is 0. The summed E-state index contributed by atoms with van der Waals surface area (Å²) in [5, 5.41) is 10.3. The van der Waals surface area contributed by atoms with Crippen molar-refractivity contribution in [1.82, 2.24) is 0 Å². The third-order valence-electron chi connectivity index (χ3n) is 4.20. The second-order valence-corrected chi connectivity index (χ2v) is 5.44. The molecule has 0 aromatic rings. The van der Waals surface area contributed by atoms with Crippen molar-refractivity contribution in [2.75, 3.05) is 21.3 Å². The van der Waals surface area contributed by atoms with E-state index in [4.69, 9.17) is 14.2 Å². The van der Waals surface area contributed by atoms with E-state index in [2.05, 4.69) is 6.08 Å². The van der Waals surface area contributed by atoms with Crippen LogP contribution in [0.1, 0.15) is 26.2 Å². The Kier molecular flexibility index (Phi) is 5.02. The minimum absolute atomic E-state index is 0.183. The van der Waals surface area contributed by atoms with Crippen LogP contribution in [0.15, 0.2) is 34.6 Å². The zero-order valence-electron chi connectivity index (χ0n) is 12.7. The third kappa shape index (κ3) is 2.97. The van der Waals surface area contributed by atoms with E-state index in [1.54, 1.807) is 21.3 Å². The van der Waals surface area contributed by atoms with Crippen LogP contribution in [-0.2, 0) is 14.2 Å². The Hall–Kier alpha value is -1.10. The van der Waals surface area contributed by atoms with Gasteiger partial charge in [-0.15, -0.1) is 0 Å². The number of ether oxygens (including phenoxy) is 3. The van der Waals surface area contributed by atoms with Gasteiger partial charge in [-0.25, -0.2) is 0 Å². The quantitative estimate of drug-likeness (QED) is 0.621. The molecule has 0 aromatic carbocycles. The lowest BCUT2D eigenvalue weighted by Gasteiger charge is -2.32. The largest absolute Gasteiger partial charge is 0.496 e. The molecule has 4 heteroatoms. The van der Waals surface area contributed by atoms with Gasteiger partial charge in [0.05, 0.1) is 7.11 Å². The molecule has 0 radical (unpaired) electrons. The summed E-state index contributed by atoms with van der Waals surface area (Å²) in [6.07, 6.45) is 6.02. The third-order valence-corrected chi connectivity index (χ3v) is 4.20. The topological polar surface area (TPSA) is 47.9 Å². The molecule has 2 aliphatic carbocycles. The lowest BCUT2D eigenvalue weighted by molar-refractivity contribution is -0.114. The molecular weight excluding hydrogens is 256 g/mol. The highest BCUT2D eigenvalue weighted by atomic mass is 16.7. The lowest BCUT2D eigenvalue weighted by atomic mass is 9.78. The molecule has 0 heterocycles. The Morgan fingerprint density at radius 2 is 2.00 bits per heavy atom. The maximum Gasteiger partial charge on any atom is 0.157 e. The smallest absolute Gasteiger partial charge is 0.157 e. The molecule has 1 N–H and O–H groups in total. The monoisotopic (exact) mass is 280 g/mol. The fraction of sp³-hybridized carbons (Fsp3) is 0.625. The summed E-state index contributed by atoms with van der Waals surface area (Å²) in [5.74, 6) is 1.32. The number of aliphatic hydroxyl groups excluding tert-OH is 1. The molecule has 0 amide bonds. The predicted molar refractivity (Wildman–Crippen MR) is 77.0 cm³/mol. The second kappa shape index (κ2) is 6.57. The number of allylic oxidation sites excluding steroid dienone is 2. The molecule has 112 valence electrons. The van der Waals surface area contributed by atoms with Crippen molar-refractivity contribution in [3.63, 3.8) is 0 Å². The minimum Gasteiger partial charge on any atom is -0.496 e. The SMILES string of the molecule is COC1=CC2=C1CC(CC(OC)OC)CC=C(C)C2O. The summed E-state index contributed by atoms with van der Waals surface area (Å²) in [5.41, 5.74) is 3.13. The van der Waals surface area contributed by atoms with E-state index in [9.17, 15) is 5.11 Å². The number of aliphatic hydroxyl groups is 1. The number of rotatable bonds is 5. The first-order valence-corrected chi connectivity index (χ1v) is 7.00. The summed E-state index contributed by atoms with van der Waals surface area (Å²) in [6, 6.07) is 0. The van der Waals surface area contributed by atoms with Gasteiger partial charge in [0.15, 0.2) is 6.29 Å². The zero-order valence-corrected chi connectivity index (χ0v) is 12.7. The molecule has 0 aromatic heterocycles. The molecule has 2 rings (SSSR count). The fourth-order valence-corrected chi connectivity index (χ4v) is 2.85. The second-order valence-electron chi connectivity index (χ2n) is 5.44. The van der Waals surface area contributed by atoms with E-state index in [1.165, 1.54) is 0 Å². The molecule has 0 fully saturated rings. The molecule has 2 aliphatic rings. The van der Waals surface area contributed by atoms with Crippen molar-refractivity contribution >= 4 is 0 Å². The van der Waals surface area contributed by atoms with Crippen LogP contribution in [0.25, 0.3) is 0 Å². The highest BCUT2D eigenvalue weighted by Crippen LogP contribution is 2.40. The average molecular weight is 280 g/mol. The molecule has 0 bridgehead atoms. The van der Waals surface area contributed by atoms with Crippen LogP contribution in [0.4, 0.5) is 0 Å². The minimum atomic E-state index is -0.495. The predicted octanol–water partition coefficient (Wildman–Crippen LogP) is 2.55. The van der Waals surface area contributed by atoms with E-state index in [1.807, 2.05) is 13.0 Å². The zero-order chi connectivity index (χ0) is 14.7. The number of hydrogen-bond acceptors (Lipinski definition) is 4. The molecular formula is C16H24O4. The highest BCUT2D eigenvalue weighted by molar-refractivity contribution is 5.54. The van der Waals surface area contributed by atoms with Gasteiger partial charge < -0.3 is 19.3 Å². The van der Waals surface area contributed by atoms with E-state index >= 15 is 0 Å². The van der Waals surface area contributed by atoms with Crippen LogP contribution in [0.2, 0.25) is 0 Å². The number of methoxy groups -OCH3 is 3. The van der Waals surface area contributed by atoms with E-state index in [0.29, 0.717) is 5.92 Å². The van der Waals surface area contributed by atoms with Crippen molar-refractivity contribution in [2.45, 2.75) is 38.6 Å². The van der Waals surface area contributed by atoms with Gasteiger partial charge in [0, 0.05) is 26.2 Å². The first kappa shape index (κ1) is 15.3. The lowest BCUT2D eigenvalue weighted by Crippen LogP contribution is -2.25.